The van der Waals surface area contributed by atoms with Crippen molar-refractivity contribution in [2.24, 2.45) is 0 Å². The van der Waals surface area contributed by atoms with Crippen molar-refractivity contribution in [3.8, 4) is 33.6 Å². The molecular formula is C60H58N4. The van der Waals surface area contributed by atoms with Gasteiger partial charge in [0.1, 0.15) is 0 Å². The highest BCUT2D eigenvalue weighted by molar-refractivity contribution is 6.16. The van der Waals surface area contributed by atoms with Crippen molar-refractivity contribution in [3.05, 3.63) is 179 Å². The minimum absolute atomic E-state index is 0.0750. The molecule has 0 aliphatic carbocycles. The van der Waals surface area contributed by atoms with Crippen LogP contribution in [0.5, 0.6) is 0 Å². The van der Waals surface area contributed by atoms with E-state index in [1.807, 2.05) is 12.1 Å². The molecule has 0 aliphatic heterocycles. The maximum atomic E-state index is 9.31. The molecule has 0 N–H and O–H groups in total. The summed E-state index contributed by atoms with van der Waals surface area (Å²) in [6, 6.07) is 48.0. The number of benzene rings is 7. The maximum absolute atomic E-state index is 9.31. The van der Waals surface area contributed by atoms with E-state index in [9.17, 15) is 13.1 Å². The van der Waals surface area contributed by atoms with E-state index in [1.165, 1.54) is 22.3 Å². The Morgan fingerprint density at radius 3 is 0.859 bits per heavy atom. The van der Waals surface area contributed by atoms with Gasteiger partial charge in [-0.05, 0) is 104 Å². The molecule has 0 fully saturated rings. The van der Waals surface area contributed by atoms with Crippen LogP contribution in [-0.4, -0.2) is 9.13 Å². The molecule has 64 heavy (non-hydrogen) atoms. The topological polar surface area (TPSA) is 18.6 Å². The van der Waals surface area contributed by atoms with Gasteiger partial charge in [-0.25, -0.2) is 9.69 Å². The molecule has 9 aromatic rings. The number of nitrogens with zero attached hydrogens (tertiary/aromatic N) is 4. The zero-order chi connectivity index (χ0) is 45.7. The molecule has 4 heteroatoms. The third-order valence-electron chi connectivity index (χ3n) is 13.2. The number of hydrogen-bond donors (Lipinski definition) is 0. The van der Waals surface area contributed by atoms with E-state index >= 15 is 0 Å². The smallest absolute Gasteiger partial charge is 0.210 e. The summed E-state index contributed by atoms with van der Waals surface area (Å²) in [5.41, 5.74) is 14.4. The van der Waals surface area contributed by atoms with Crippen LogP contribution in [-0.2, 0) is 21.7 Å². The quantitative estimate of drug-likeness (QED) is 0.157. The molecule has 0 bridgehead atoms. The Balaban J connectivity index is 1.55. The lowest BCUT2D eigenvalue weighted by Gasteiger charge is -2.26. The largest absolute Gasteiger partial charge is 0.329 e. The van der Waals surface area contributed by atoms with E-state index in [2.05, 4.69) is 223 Å². The third kappa shape index (κ3) is 6.89. The van der Waals surface area contributed by atoms with Crippen LogP contribution >= 0.6 is 0 Å². The Morgan fingerprint density at radius 2 is 0.609 bits per heavy atom. The molecule has 7 aromatic carbocycles. The molecule has 0 spiro atoms. The Kier molecular flexibility index (Phi) is 9.85. The zero-order valence-electron chi connectivity index (χ0n) is 39.5. The standard InChI is InChI=1S/C60H58N4/c1-57(2,3)39-25-29-47-43(33-39)44-34-40(58(4,5)6)26-30-48(44)63(47)55-51(37-21-17-15-18-22-37)53(61-13)56(54(62-14)52(55)38-23-19-16-20-24-38)64-49-31-27-41(59(7,8)9)35-45(49)46-36-42(60(10,11)12)28-32-50(46)64/h15-36H,1-12H3. The Bertz CT molecular complexity index is 3190. The maximum Gasteiger partial charge on any atom is 0.210 e. The molecule has 0 atom stereocenters. The molecule has 4 nitrogen and oxygen atoms in total. The highest BCUT2D eigenvalue weighted by Gasteiger charge is 2.33. The predicted octanol–water partition coefficient (Wildman–Crippen LogP) is 17.5. The van der Waals surface area contributed by atoms with E-state index in [-0.39, 0.29) is 21.7 Å². The second-order valence-electron chi connectivity index (χ2n) is 21.7. The van der Waals surface area contributed by atoms with Gasteiger partial charge < -0.3 is 9.13 Å². The number of hydrogen-bond acceptors (Lipinski definition) is 0. The van der Waals surface area contributed by atoms with Crippen molar-refractivity contribution >= 4 is 55.0 Å². The van der Waals surface area contributed by atoms with Crippen LogP contribution in [0.15, 0.2) is 133 Å². The third-order valence-corrected chi connectivity index (χ3v) is 13.2. The fourth-order valence-electron chi connectivity index (χ4n) is 9.50. The average molecular weight is 835 g/mol. The summed E-state index contributed by atoms with van der Waals surface area (Å²) in [5.74, 6) is 0. The molecule has 0 aliphatic rings. The van der Waals surface area contributed by atoms with Crippen molar-refractivity contribution in [1.82, 2.24) is 9.13 Å². The normalized spacial score (nSPS) is 12.7. The van der Waals surface area contributed by atoms with Crippen LogP contribution in [0.3, 0.4) is 0 Å². The average Bonchev–Trinajstić information content (AvgIpc) is 3.75. The molecule has 0 amide bonds. The SMILES string of the molecule is [C-]#[N+]c1c(-c2ccccc2)c(-n2c3ccc(C(C)(C)C)cc3c3cc(C(C)(C)C)ccc32)c(-c2ccccc2)c([N+]#[C-])c1-n1c2ccc(C(C)(C)C)cc2c2cc(C(C)(C)C)ccc21. The Hall–Kier alpha value is -6.88. The lowest BCUT2D eigenvalue weighted by molar-refractivity contribution is 0.590. The van der Waals surface area contributed by atoms with Crippen molar-refractivity contribution in [1.29, 1.82) is 0 Å². The summed E-state index contributed by atoms with van der Waals surface area (Å²) in [5, 5.41) is 4.52. The summed E-state index contributed by atoms with van der Waals surface area (Å²) in [6.07, 6.45) is 0. The first-order valence-electron chi connectivity index (χ1n) is 22.5. The molecule has 0 saturated carbocycles. The van der Waals surface area contributed by atoms with Gasteiger partial charge in [0.25, 0.3) is 0 Å². The van der Waals surface area contributed by atoms with Gasteiger partial charge in [0.2, 0.25) is 11.4 Å². The van der Waals surface area contributed by atoms with Gasteiger partial charge in [0.05, 0.1) is 40.9 Å². The molecule has 0 unspecified atom stereocenters. The van der Waals surface area contributed by atoms with E-state index in [4.69, 9.17) is 0 Å². The second-order valence-corrected chi connectivity index (χ2v) is 21.7. The first-order chi connectivity index (χ1) is 30.2. The lowest BCUT2D eigenvalue weighted by Crippen LogP contribution is -2.10. The molecule has 318 valence electrons. The summed E-state index contributed by atoms with van der Waals surface area (Å²) in [4.78, 5) is 9.14. The summed E-state index contributed by atoms with van der Waals surface area (Å²) in [7, 11) is 0. The molecule has 2 heterocycles. The number of fused-ring (bicyclic) bond motifs is 6. The minimum Gasteiger partial charge on any atom is -0.329 e. The van der Waals surface area contributed by atoms with Gasteiger partial charge in [-0.1, -0.05) is 168 Å². The lowest BCUT2D eigenvalue weighted by atomic mass is 9.85. The second kappa shape index (κ2) is 14.9. The van der Waals surface area contributed by atoms with Gasteiger partial charge in [-0.2, -0.15) is 0 Å². The van der Waals surface area contributed by atoms with Crippen LogP contribution in [0.25, 0.3) is 86.9 Å². The fraction of sp³-hybridized carbons (Fsp3) is 0.267. The predicted molar refractivity (Wildman–Crippen MR) is 273 cm³/mol. The van der Waals surface area contributed by atoms with Crippen LogP contribution in [0.2, 0.25) is 0 Å². The monoisotopic (exact) mass is 834 g/mol. The van der Waals surface area contributed by atoms with Gasteiger partial charge in [0, 0.05) is 38.4 Å². The van der Waals surface area contributed by atoms with E-state index in [0.29, 0.717) is 17.1 Å². The summed E-state index contributed by atoms with van der Waals surface area (Å²) < 4.78 is 4.59. The number of aromatic nitrogens is 2. The van der Waals surface area contributed by atoms with E-state index < -0.39 is 0 Å². The molecule has 2 aromatic heterocycles. The Morgan fingerprint density at radius 1 is 0.344 bits per heavy atom. The highest BCUT2D eigenvalue weighted by Crippen LogP contribution is 2.56. The van der Waals surface area contributed by atoms with Crippen molar-refractivity contribution in [2.45, 2.75) is 105 Å². The molecular weight excluding hydrogens is 777 g/mol. The first kappa shape index (κ1) is 42.4. The van der Waals surface area contributed by atoms with E-state index in [1.54, 1.807) is 0 Å². The van der Waals surface area contributed by atoms with Crippen LogP contribution < -0.4 is 0 Å². The van der Waals surface area contributed by atoms with Crippen molar-refractivity contribution < 1.29 is 0 Å². The minimum atomic E-state index is -0.0835. The molecule has 0 saturated heterocycles. The van der Waals surface area contributed by atoms with Crippen molar-refractivity contribution in [2.75, 3.05) is 0 Å². The molecule has 0 radical (unpaired) electrons. The fourth-order valence-corrected chi connectivity index (χ4v) is 9.50. The highest BCUT2D eigenvalue weighted by atomic mass is 15.1. The zero-order valence-corrected chi connectivity index (χ0v) is 39.5. The van der Waals surface area contributed by atoms with Gasteiger partial charge in [-0.3, -0.25) is 0 Å². The first-order valence-corrected chi connectivity index (χ1v) is 22.5. The van der Waals surface area contributed by atoms with Crippen LogP contribution in [0.1, 0.15) is 105 Å². The van der Waals surface area contributed by atoms with Crippen LogP contribution in [0, 0.1) is 13.1 Å². The summed E-state index contributed by atoms with van der Waals surface area (Å²) >= 11 is 0. The van der Waals surface area contributed by atoms with Gasteiger partial charge in [0.15, 0.2) is 0 Å². The van der Waals surface area contributed by atoms with Crippen LogP contribution in [0.4, 0.5) is 11.4 Å². The van der Waals surface area contributed by atoms with Gasteiger partial charge in [-0.15, -0.1) is 0 Å². The molecule has 9 rings (SSSR count). The van der Waals surface area contributed by atoms with Crippen molar-refractivity contribution in [3.63, 3.8) is 0 Å². The van der Waals surface area contributed by atoms with Gasteiger partial charge >= 0.3 is 0 Å². The summed E-state index contributed by atoms with van der Waals surface area (Å²) in [6.45, 7) is 45.7. The Labute approximate surface area is 379 Å². The number of rotatable bonds is 4. The van der Waals surface area contributed by atoms with E-state index in [0.717, 1.165) is 71.6 Å².